The molecule has 0 aliphatic rings. The number of nitrogens with one attached hydrogen (secondary N) is 1. The van der Waals surface area contributed by atoms with Gasteiger partial charge in [0.2, 0.25) is 0 Å². The molecule has 0 saturated carbocycles. The van der Waals surface area contributed by atoms with Crippen LogP contribution in [-0.4, -0.2) is 16.5 Å². The molecule has 0 spiro atoms. The number of hydrogen-bond donors (Lipinski definition) is 1. The van der Waals surface area contributed by atoms with Gasteiger partial charge in [-0.05, 0) is 63.5 Å². The van der Waals surface area contributed by atoms with E-state index in [1.54, 1.807) is 11.3 Å². The van der Waals surface area contributed by atoms with E-state index in [1.165, 1.54) is 0 Å². The molecule has 0 aliphatic heterocycles. The number of hydrogen-bond acceptors (Lipinski definition) is 4. The van der Waals surface area contributed by atoms with Crippen molar-refractivity contribution in [2.24, 2.45) is 0 Å². The lowest BCUT2D eigenvalue weighted by molar-refractivity contribution is 0.944. The number of nitrogens with zero attached hydrogens (tertiary/aromatic N) is 2. The summed E-state index contributed by atoms with van der Waals surface area (Å²) < 4.78 is 2.23. The second-order valence-electron chi connectivity index (χ2n) is 4.04. The van der Waals surface area contributed by atoms with Gasteiger partial charge in [0.25, 0.3) is 0 Å². The summed E-state index contributed by atoms with van der Waals surface area (Å²) in [6, 6.07) is 4.09. The van der Waals surface area contributed by atoms with E-state index in [2.05, 4.69) is 73.7 Å². The Balaban J connectivity index is 2.44. The Hall–Kier alpha value is -0.210. The van der Waals surface area contributed by atoms with Gasteiger partial charge in [0, 0.05) is 6.54 Å². The number of aryl methyl sites for hydroxylation is 1. The number of thiophene rings is 1. The van der Waals surface area contributed by atoms with Crippen molar-refractivity contribution >= 4 is 55.7 Å². The maximum absolute atomic E-state index is 4.67. The minimum Gasteiger partial charge on any atom is -0.369 e. The van der Waals surface area contributed by atoms with Crippen molar-refractivity contribution in [1.82, 2.24) is 9.97 Å². The van der Waals surface area contributed by atoms with Crippen LogP contribution in [0.1, 0.15) is 26.0 Å². The van der Waals surface area contributed by atoms with Crippen LogP contribution in [-0.2, 0) is 6.42 Å². The van der Waals surface area contributed by atoms with Gasteiger partial charge in [-0.3, -0.25) is 0 Å². The molecule has 0 radical (unpaired) electrons. The van der Waals surface area contributed by atoms with Crippen molar-refractivity contribution in [2.75, 3.05) is 11.9 Å². The second-order valence-corrected chi connectivity index (χ2v) is 7.58. The molecular formula is C13H15BrIN3S. The Morgan fingerprint density at radius 3 is 2.68 bits per heavy atom. The first kappa shape index (κ1) is 15.2. The van der Waals surface area contributed by atoms with E-state index in [4.69, 9.17) is 0 Å². The molecule has 1 N–H and O–H groups in total. The highest BCUT2D eigenvalue weighted by Gasteiger charge is 2.13. The van der Waals surface area contributed by atoms with Crippen LogP contribution in [0.25, 0.3) is 10.7 Å². The van der Waals surface area contributed by atoms with Crippen molar-refractivity contribution in [1.29, 1.82) is 0 Å². The Kier molecular flexibility index (Phi) is 5.58. The van der Waals surface area contributed by atoms with Crippen molar-refractivity contribution < 1.29 is 0 Å². The van der Waals surface area contributed by atoms with E-state index < -0.39 is 0 Å². The maximum Gasteiger partial charge on any atom is 0.171 e. The molecule has 102 valence electrons. The molecule has 2 aromatic rings. The average Bonchev–Trinajstić information content (AvgIpc) is 2.84. The monoisotopic (exact) mass is 451 g/mol. The van der Waals surface area contributed by atoms with Crippen LogP contribution in [0, 0.1) is 3.57 Å². The summed E-state index contributed by atoms with van der Waals surface area (Å²) >= 11 is 7.47. The first-order valence-electron chi connectivity index (χ1n) is 6.21. The molecule has 3 nitrogen and oxygen atoms in total. The highest BCUT2D eigenvalue weighted by molar-refractivity contribution is 14.1. The molecule has 0 bridgehead atoms. The predicted octanol–water partition coefficient (Wildman–Crippen LogP) is 4.96. The summed E-state index contributed by atoms with van der Waals surface area (Å²) in [6.45, 7) is 5.21. The van der Waals surface area contributed by atoms with E-state index in [0.717, 1.165) is 49.0 Å². The molecule has 0 unspecified atom stereocenters. The summed E-state index contributed by atoms with van der Waals surface area (Å²) in [5.74, 6) is 1.76. The van der Waals surface area contributed by atoms with E-state index in [9.17, 15) is 0 Å². The molecule has 0 atom stereocenters. The van der Waals surface area contributed by atoms with Crippen molar-refractivity contribution in [3.8, 4) is 10.7 Å². The quantitative estimate of drug-likeness (QED) is 0.653. The molecule has 0 amide bonds. The van der Waals surface area contributed by atoms with Gasteiger partial charge < -0.3 is 5.32 Å². The third-order valence-corrected chi connectivity index (χ3v) is 5.34. The number of aromatic nitrogens is 2. The number of halogens is 2. The molecule has 0 saturated heterocycles. The summed E-state index contributed by atoms with van der Waals surface area (Å²) in [6.07, 6.45) is 2.00. The SMILES string of the molecule is CCCNc1nc(-c2ccc(Br)s2)nc(CC)c1I. The Morgan fingerprint density at radius 2 is 2.11 bits per heavy atom. The van der Waals surface area contributed by atoms with Crippen LogP contribution < -0.4 is 5.32 Å². The topological polar surface area (TPSA) is 37.8 Å². The smallest absolute Gasteiger partial charge is 0.171 e. The van der Waals surface area contributed by atoms with E-state index in [0.29, 0.717) is 0 Å². The minimum absolute atomic E-state index is 0.812. The summed E-state index contributed by atoms with van der Waals surface area (Å²) in [4.78, 5) is 10.4. The molecule has 6 heteroatoms. The molecule has 19 heavy (non-hydrogen) atoms. The number of rotatable bonds is 5. The third-order valence-electron chi connectivity index (χ3n) is 2.59. The Morgan fingerprint density at radius 1 is 1.32 bits per heavy atom. The van der Waals surface area contributed by atoms with Crippen molar-refractivity contribution in [3.05, 3.63) is 25.2 Å². The molecule has 2 rings (SSSR count). The molecular weight excluding hydrogens is 437 g/mol. The zero-order chi connectivity index (χ0) is 13.8. The molecule has 0 aliphatic carbocycles. The summed E-state index contributed by atoms with van der Waals surface area (Å²) in [7, 11) is 0. The van der Waals surface area contributed by atoms with E-state index >= 15 is 0 Å². The first-order valence-corrected chi connectivity index (χ1v) is 8.90. The van der Waals surface area contributed by atoms with Gasteiger partial charge in [0.1, 0.15) is 5.82 Å². The van der Waals surface area contributed by atoms with Gasteiger partial charge in [-0.25, -0.2) is 9.97 Å². The normalized spacial score (nSPS) is 10.7. The van der Waals surface area contributed by atoms with Crippen LogP contribution >= 0.6 is 49.9 Å². The lowest BCUT2D eigenvalue weighted by Gasteiger charge is -2.11. The molecule has 0 fully saturated rings. The van der Waals surface area contributed by atoms with E-state index in [1.807, 2.05) is 6.07 Å². The fourth-order valence-corrected chi connectivity index (χ4v) is 3.77. The van der Waals surface area contributed by atoms with Crippen LogP contribution in [0.2, 0.25) is 0 Å². The largest absolute Gasteiger partial charge is 0.369 e. The van der Waals surface area contributed by atoms with Crippen LogP contribution in [0.15, 0.2) is 15.9 Å². The second kappa shape index (κ2) is 6.99. The lowest BCUT2D eigenvalue weighted by Crippen LogP contribution is -2.08. The van der Waals surface area contributed by atoms with Gasteiger partial charge in [0.05, 0.1) is 17.9 Å². The van der Waals surface area contributed by atoms with Crippen LogP contribution in [0.3, 0.4) is 0 Å². The highest BCUT2D eigenvalue weighted by Crippen LogP contribution is 2.31. The van der Waals surface area contributed by atoms with Gasteiger partial charge in [0.15, 0.2) is 5.82 Å². The Labute approximate surface area is 139 Å². The third kappa shape index (κ3) is 3.66. The molecule has 0 aromatic carbocycles. The average molecular weight is 452 g/mol. The summed E-state index contributed by atoms with van der Waals surface area (Å²) in [5, 5.41) is 3.39. The fraction of sp³-hybridized carbons (Fsp3) is 0.385. The standard InChI is InChI=1S/C13H15BrIN3S/c1-3-7-16-13-11(15)8(4-2)17-12(18-13)9-5-6-10(14)19-9/h5-6H,3-4,7H2,1-2H3,(H,16,17,18). The Bertz CT molecular complexity index is 571. The first-order chi connectivity index (χ1) is 9.15. The van der Waals surface area contributed by atoms with Crippen LogP contribution in [0.5, 0.6) is 0 Å². The summed E-state index contributed by atoms with van der Waals surface area (Å²) in [5.41, 5.74) is 1.11. The maximum atomic E-state index is 4.67. The van der Waals surface area contributed by atoms with E-state index in [-0.39, 0.29) is 0 Å². The van der Waals surface area contributed by atoms with Gasteiger partial charge in [-0.2, -0.15) is 0 Å². The number of anilines is 1. The van der Waals surface area contributed by atoms with Gasteiger partial charge in [-0.15, -0.1) is 11.3 Å². The lowest BCUT2D eigenvalue weighted by atomic mass is 10.3. The van der Waals surface area contributed by atoms with Gasteiger partial charge >= 0.3 is 0 Å². The van der Waals surface area contributed by atoms with Crippen molar-refractivity contribution in [2.45, 2.75) is 26.7 Å². The molecule has 2 heterocycles. The fourth-order valence-electron chi connectivity index (χ4n) is 1.63. The van der Waals surface area contributed by atoms with Crippen LogP contribution in [0.4, 0.5) is 5.82 Å². The minimum atomic E-state index is 0.812. The predicted molar refractivity (Wildman–Crippen MR) is 93.9 cm³/mol. The van der Waals surface area contributed by atoms with Gasteiger partial charge in [-0.1, -0.05) is 13.8 Å². The zero-order valence-corrected chi connectivity index (χ0v) is 15.4. The zero-order valence-electron chi connectivity index (χ0n) is 10.8. The highest BCUT2D eigenvalue weighted by atomic mass is 127. The molecule has 2 aromatic heterocycles. The van der Waals surface area contributed by atoms with Crippen molar-refractivity contribution in [3.63, 3.8) is 0 Å².